The van der Waals surface area contributed by atoms with Crippen LogP contribution in [-0.4, -0.2) is 5.91 Å². The van der Waals surface area contributed by atoms with Crippen molar-refractivity contribution in [3.8, 4) is 0 Å². The van der Waals surface area contributed by atoms with Crippen LogP contribution in [0.2, 0.25) is 0 Å². The minimum atomic E-state index is -0.106. The standard InChI is InChI=1S/C15H13Br2NO/c1-2-10-3-5-11(6-4-10)15(19)18-14-8-7-12(16)9-13(14)17/h3-9H,2H2,1H3,(H,18,19). The van der Waals surface area contributed by atoms with E-state index in [1.807, 2.05) is 42.5 Å². The number of anilines is 1. The van der Waals surface area contributed by atoms with Gasteiger partial charge in [0.15, 0.2) is 0 Å². The van der Waals surface area contributed by atoms with Gasteiger partial charge >= 0.3 is 0 Å². The summed E-state index contributed by atoms with van der Waals surface area (Å²) in [5.41, 5.74) is 2.64. The maximum Gasteiger partial charge on any atom is 0.255 e. The number of halogens is 2. The summed E-state index contributed by atoms with van der Waals surface area (Å²) in [4.78, 5) is 12.1. The lowest BCUT2D eigenvalue weighted by Crippen LogP contribution is -2.12. The molecule has 2 aromatic rings. The molecule has 19 heavy (non-hydrogen) atoms. The zero-order chi connectivity index (χ0) is 13.8. The van der Waals surface area contributed by atoms with E-state index >= 15 is 0 Å². The van der Waals surface area contributed by atoms with Gasteiger partial charge in [-0.25, -0.2) is 0 Å². The van der Waals surface area contributed by atoms with E-state index in [2.05, 4.69) is 44.1 Å². The van der Waals surface area contributed by atoms with Crippen molar-refractivity contribution < 1.29 is 4.79 Å². The summed E-state index contributed by atoms with van der Waals surface area (Å²) in [6, 6.07) is 13.3. The molecular weight excluding hydrogens is 370 g/mol. The molecule has 0 unspecified atom stereocenters. The Morgan fingerprint density at radius 2 is 1.79 bits per heavy atom. The highest BCUT2D eigenvalue weighted by molar-refractivity contribution is 9.11. The second-order valence-corrected chi connectivity index (χ2v) is 5.90. The van der Waals surface area contributed by atoms with E-state index in [4.69, 9.17) is 0 Å². The highest BCUT2D eigenvalue weighted by Crippen LogP contribution is 2.26. The number of benzene rings is 2. The van der Waals surface area contributed by atoms with Crippen LogP contribution in [0.4, 0.5) is 5.69 Å². The third-order valence-corrected chi connectivity index (χ3v) is 3.95. The Balaban J connectivity index is 2.15. The van der Waals surface area contributed by atoms with Gasteiger partial charge in [0.2, 0.25) is 0 Å². The van der Waals surface area contributed by atoms with Crippen LogP contribution in [0.3, 0.4) is 0 Å². The van der Waals surface area contributed by atoms with Gasteiger partial charge in [0, 0.05) is 14.5 Å². The fourth-order valence-corrected chi connectivity index (χ4v) is 2.82. The maximum absolute atomic E-state index is 12.1. The predicted octanol–water partition coefficient (Wildman–Crippen LogP) is 5.03. The van der Waals surface area contributed by atoms with E-state index in [-0.39, 0.29) is 5.91 Å². The zero-order valence-corrected chi connectivity index (χ0v) is 13.6. The number of carbonyl (C=O) groups excluding carboxylic acids is 1. The summed E-state index contributed by atoms with van der Waals surface area (Å²) < 4.78 is 1.81. The van der Waals surface area contributed by atoms with Gasteiger partial charge in [0.05, 0.1) is 5.69 Å². The molecule has 0 fully saturated rings. The van der Waals surface area contributed by atoms with Gasteiger partial charge in [0.1, 0.15) is 0 Å². The Morgan fingerprint density at radius 3 is 2.37 bits per heavy atom. The quantitative estimate of drug-likeness (QED) is 0.792. The maximum atomic E-state index is 12.1. The summed E-state index contributed by atoms with van der Waals surface area (Å²) in [6.45, 7) is 2.09. The van der Waals surface area contributed by atoms with Gasteiger partial charge in [-0.1, -0.05) is 35.0 Å². The molecule has 0 aromatic heterocycles. The summed E-state index contributed by atoms with van der Waals surface area (Å²) in [6.07, 6.45) is 0.972. The van der Waals surface area contributed by atoms with Crippen molar-refractivity contribution in [2.75, 3.05) is 5.32 Å². The zero-order valence-electron chi connectivity index (χ0n) is 10.4. The van der Waals surface area contributed by atoms with E-state index in [0.29, 0.717) is 5.56 Å². The Labute approximate surface area is 129 Å². The molecule has 0 spiro atoms. The molecule has 0 aliphatic heterocycles. The van der Waals surface area contributed by atoms with Crippen molar-refractivity contribution in [2.45, 2.75) is 13.3 Å². The number of carbonyl (C=O) groups is 1. The second kappa shape index (κ2) is 6.35. The van der Waals surface area contributed by atoms with Crippen molar-refractivity contribution in [1.29, 1.82) is 0 Å². The summed E-state index contributed by atoms with van der Waals surface area (Å²) in [7, 11) is 0. The number of hydrogen-bond donors (Lipinski definition) is 1. The van der Waals surface area contributed by atoms with Crippen LogP contribution in [0.1, 0.15) is 22.8 Å². The lowest BCUT2D eigenvalue weighted by atomic mass is 10.1. The first kappa shape index (κ1) is 14.3. The Hall–Kier alpha value is -1.13. The topological polar surface area (TPSA) is 29.1 Å². The van der Waals surface area contributed by atoms with E-state index in [1.165, 1.54) is 5.56 Å². The second-order valence-electron chi connectivity index (χ2n) is 4.13. The molecule has 0 bridgehead atoms. The molecule has 0 heterocycles. The van der Waals surface area contributed by atoms with Crippen LogP contribution >= 0.6 is 31.9 Å². The van der Waals surface area contributed by atoms with Crippen LogP contribution in [0, 0.1) is 0 Å². The van der Waals surface area contributed by atoms with Gasteiger partial charge in [-0.3, -0.25) is 4.79 Å². The number of hydrogen-bond acceptors (Lipinski definition) is 1. The normalized spacial score (nSPS) is 10.3. The van der Waals surface area contributed by atoms with Gasteiger partial charge < -0.3 is 5.32 Å². The van der Waals surface area contributed by atoms with Crippen LogP contribution < -0.4 is 5.32 Å². The van der Waals surface area contributed by atoms with E-state index < -0.39 is 0 Å². The van der Waals surface area contributed by atoms with Crippen LogP contribution in [0.5, 0.6) is 0 Å². The molecule has 1 N–H and O–H groups in total. The van der Waals surface area contributed by atoms with Crippen molar-refractivity contribution >= 4 is 43.5 Å². The Bertz CT molecular complexity index is 594. The molecule has 0 saturated carbocycles. The molecule has 2 aromatic carbocycles. The predicted molar refractivity (Wildman–Crippen MR) is 85.6 cm³/mol. The highest BCUT2D eigenvalue weighted by Gasteiger charge is 2.08. The third-order valence-electron chi connectivity index (χ3n) is 2.80. The van der Waals surface area contributed by atoms with Crippen molar-refractivity contribution in [2.24, 2.45) is 0 Å². The lowest BCUT2D eigenvalue weighted by Gasteiger charge is -2.08. The monoisotopic (exact) mass is 381 g/mol. The molecule has 0 atom stereocenters. The van der Waals surface area contributed by atoms with Crippen LogP contribution in [0.25, 0.3) is 0 Å². The van der Waals surface area contributed by atoms with E-state index in [1.54, 1.807) is 0 Å². The summed E-state index contributed by atoms with van der Waals surface area (Å²) in [5, 5.41) is 2.88. The highest BCUT2D eigenvalue weighted by atomic mass is 79.9. The summed E-state index contributed by atoms with van der Waals surface area (Å²) in [5.74, 6) is -0.106. The fraction of sp³-hybridized carbons (Fsp3) is 0.133. The number of nitrogens with one attached hydrogen (secondary N) is 1. The first-order valence-corrected chi connectivity index (χ1v) is 7.54. The number of rotatable bonds is 3. The molecule has 1 amide bonds. The minimum Gasteiger partial charge on any atom is -0.321 e. The molecule has 2 rings (SSSR count). The van der Waals surface area contributed by atoms with Crippen molar-refractivity contribution in [1.82, 2.24) is 0 Å². The lowest BCUT2D eigenvalue weighted by molar-refractivity contribution is 0.102. The average molecular weight is 383 g/mol. The van der Waals surface area contributed by atoms with Crippen molar-refractivity contribution in [3.63, 3.8) is 0 Å². The third kappa shape index (κ3) is 3.67. The Kier molecular flexibility index (Phi) is 4.77. The number of aryl methyl sites for hydroxylation is 1. The number of amides is 1. The molecule has 0 saturated heterocycles. The average Bonchev–Trinajstić information content (AvgIpc) is 2.42. The molecule has 0 aliphatic rings. The van der Waals surface area contributed by atoms with Crippen molar-refractivity contribution in [3.05, 3.63) is 62.5 Å². The molecule has 0 aliphatic carbocycles. The summed E-state index contributed by atoms with van der Waals surface area (Å²) >= 11 is 6.81. The SMILES string of the molecule is CCc1ccc(C(=O)Nc2ccc(Br)cc2Br)cc1. The molecule has 4 heteroatoms. The molecule has 0 radical (unpaired) electrons. The minimum absolute atomic E-state index is 0.106. The van der Waals surface area contributed by atoms with Crippen LogP contribution in [0.15, 0.2) is 51.4 Å². The van der Waals surface area contributed by atoms with E-state index in [9.17, 15) is 4.79 Å². The van der Waals surface area contributed by atoms with Gasteiger partial charge in [0.25, 0.3) is 5.91 Å². The largest absolute Gasteiger partial charge is 0.321 e. The first-order chi connectivity index (χ1) is 9.10. The van der Waals surface area contributed by atoms with Gasteiger partial charge in [-0.2, -0.15) is 0 Å². The molecule has 98 valence electrons. The first-order valence-electron chi connectivity index (χ1n) is 5.95. The van der Waals surface area contributed by atoms with Crippen LogP contribution in [-0.2, 0) is 6.42 Å². The smallest absolute Gasteiger partial charge is 0.255 e. The van der Waals surface area contributed by atoms with Gasteiger partial charge in [-0.05, 0) is 58.2 Å². The van der Waals surface area contributed by atoms with Gasteiger partial charge in [-0.15, -0.1) is 0 Å². The fourth-order valence-electron chi connectivity index (χ4n) is 1.68. The molecular formula is C15H13Br2NO. The molecule has 2 nitrogen and oxygen atoms in total. The van der Waals surface area contributed by atoms with E-state index in [0.717, 1.165) is 21.1 Å². The Morgan fingerprint density at radius 1 is 1.11 bits per heavy atom.